The summed E-state index contributed by atoms with van der Waals surface area (Å²) in [5.74, 6) is 0.712. The van der Waals surface area contributed by atoms with E-state index in [-0.39, 0.29) is 16.9 Å². The standard InChI is InChI=1S/C14H28N4O2S/c1-9(2)11(5)7-16-21(19,20)14-12(6)17-18-13(14)8-15-10(3)4/h9-11,15-16H,7-8H2,1-6H3,(H,17,18). The van der Waals surface area contributed by atoms with Crippen LogP contribution in [-0.4, -0.2) is 31.2 Å². The zero-order chi connectivity index (χ0) is 16.2. The number of hydrogen-bond acceptors (Lipinski definition) is 4. The van der Waals surface area contributed by atoms with Crippen molar-refractivity contribution < 1.29 is 8.42 Å². The minimum atomic E-state index is -3.54. The topological polar surface area (TPSA) is 86.9 Å². The van der Waals surface area contributed by atoms with E-state index in [2.05, 4.69) is 34.1 Å². The second-order valence-corrected chi connectivity index (χ2v) is 7.94. The Morgan fingerprint density at radius 1 is 1.19 bits per heavy atom. The lowest BCUT2D eigenvalue weighted by Gasteiger charge is -2.16. The van der Waals surface area contributed by atoms with Crippen LogP contribution in [-0.2, 0) is 16.6 Å². The number of nitrogens with zero attached hydrogens (tertiary/aromatic N) is 1. The molecule has 0 aliphatic rings. The van der Waals surface area contributed by atoms with Crippen LogP contribution in [0.15, 0.2) is 4.90 Å². The number of hydrogen-bond donors (Lipinski definition) is 3. The Morgan fingerprint density at radius 3 is 2.33 bits per heavy atom. The minimum absolute atomic E-state index is 0.270. The van der Waals surface area contributed by atoms with Gasteiger partial charge < -0.3 is 5.32 Å². The molecule has 1 atom stereocenters. The Bertz CT molecular complexity index is 549. The predicted octanol–water partition coefficient (Wildman–Crippen LogP) is 1.79. The quantitative estimate of drug-likeness (QED) is 0.682. The number of sulfonamides is 1. The fraction of sp³-hybridized carbons (Fsp3) is 0.786. The first-order chi connectivity index (χ1) is 9.65. The lowest BCUT2D eigenvalue weighted by Crippen LogP contribution is -2.31. The molecule has 0 saturated carbocycles. The molecule has 0 aliphatic carbocycles. The van der Waals surface area contributed by atoms with Crippen LogP contribution in [0.25, 0.3) is 0 Å². The number of aromatic amines is 1. The number of rotatable bonds is 8. The van der Waals surface area contributed by atoms with Crippen LogP contribution < -0.4 is 10.0 Å². The number of H-pyrrole nitrogens is 1. The second-order valence-electron chi connectivity index (χ2n) is 6.23. The van der Waals surface area contributed by atoms with Crippen molar-refractivity contribution in [2.75, 3.05) is 6.54 Å². The smallest absolute Gasteiger partial charge is 0.244 e. The van der Waals surface area contributed by atoms with Crippen LogP contribution >= 0.6 is 0 Å². The largest absolute Gasteiger partial charge is 0.309 e. The monoisotopic (exact) mass is 316 g/mol. The molecule has 1 aromatic heterocycles. The van der Waals surface area contributed by atoms with Crippen LogP contribution in [0.2, 0.25) is 0 Å². The van der Waals surface area contributed by atoms with Gasteiger partial charge in [-0.05, 0) is 18.8 Å². The fourth-order valence-electron chi connectivity index (χ4n) is 1.80. The highest BCUT2D eigenvalue weighted by atomic mass is 32.2. The van der Waals surface area contributed by atoms with E-state index >= 15 is 0 Å². The molecule has 122 valence electrons. The first-order valence-electron chi connectivity index (χ1n) is 7.42. The van der Waals surface area contributed by atoms with Crippen molar-refractivity contribution in [2.45, 2.75) is 59.0 Å². The van der Waals surface area contributed by atoms with Gasteiger partial charge in [0.05, 0.1) is 11.4 Å². The molecule has 1 unspecified atom stereocenters. The highest BCUT2D eigenvalue weighted by molar-refractivity contribution is 7.89. The molecule has 6 nitrogen and oxygen atoms in total. The van der Waals surface area contributed by atoms with E-state index in [4.69, 9.17) is 0 Å². The molecule has 0 saturated heterocycles. The van der Waals surface area contributed by atoms with Gasteiger partial charge in [0, 0.05) is 19.1 Å². The Morgan fingerprint density at radius 2 is 1.81 bits per heavy atom. The molecule has 1 aromatic rings. The summed E-state index contributed by atoms with van der Waals surface area (Å²) >= 11 is 0. The molecule has 0 aliphatic heterocycles. The van der Waals surface area contributed by atoms with E-state index < -0.39 is 10.0 Å². The first-order valence-corrected chi connectivity index (χ1v) is 8.90. The third-order valence-electron chi connectivity index (χ3n) is 3.64. The molecule has 0 amide bonds. The summed E-state index contributed by atoms with van der Waals surface area (Å²) in [5.41, 5.74) is 1.10. The van der Waals surface area contributed by atoms with Gasteiger partial charge in [-0.2, -0.15) is 5.10 Å². The van der Waals surface area contributed by atoms with Crippen molar-refractivity contribution >= 4 is 10.0 Å². The van der Waals surface area contributed by atoms with Gasteiger partial charge in [0.25, 0.3) is 0 Å². The highest BCUT2D eigenvalue weighted by Gasteiger charge is 2.24. The van der Waals surface area contributed by atoms with Crippen molar-refractivity contribution in [3.05, 3.63) is 11.4 Å². The average molecular weight is 316 g/mol. The average Bonchev–Trinajstić information content (AvgIpc) is 2.75. The van der Waals surface area contributed by atoms with Crippen LogP contribution in [0.4, 0.5) is 0 Å². The molecule has 1 rings (SSSR count). The van der Waals surface area contributed by atoms with Gasteiger partial charge in [0.2, 0.25) is 10.0 Å². The van der Waals surface area contributed by atoms with E-state index in [9.17, 15) is 8.42 Å². The Kier molecular flexibility index (Phi) is 6.37. The van der Waals surface area contributed by atoms with Gasteiger partial charge in [0.15, 0.2) is 0 Å². The highest BCUT2D eigenvalue weighted by Crippen LogP contribution is 2.18. The summed E-state index contributed by atoms with van der Waals surface area (Å²) in [4.78, 5) is 0.270. The molecule has 0 aromatic carbocycles. The Balaban J connectivity index is 2.89. The summed E-state index contributed by atoms with van der Waals surface area (Å²) in [7, 11) is -3.54. The Hall–Kier alpha value is -0.920. The van der Waals surface area contributed by atoms with Crippen LogP contribution in [0.5, 0.6) is 0 Å². The van der Waals surface area contributed by atoms with Crippen LogP contribution in [0.1, 0.15) is 46.0 Å². The van der Waals surface area contributed by atoms with Gasteiger partial charge in [-0.1, -0.05) is 34.6 Å². The molecule has 1 heterocycles. The van der Waals surface area contributed by atoms with E-state index in [1.165, 1.54) is 0 Å². The maximum atomic E-state index is 12.5. The lowest BCUT2D eigenvalue weighted by atomic mass is 9.99. The van der Waals surface area contributed by atoms with E-state index in [1.54, 1.807) is 6.92 Å². The number of aromatic nitrogens is 2. The van der Waals surface area contributed by atoms with Gasteiger partial charge >= 0.3 is 0 Å². The first kappa shape index (κ1) is 18.1. The maximum absolute atomic E-state index is 12.5. The summed E-state index contributed by atoms with van der Waals surface area (Å²) in [6.45, 7) is 12.8. The number of nitrogens with one attached hydrogen (secondary N) is 3. The minimum Gasteiger partial charge on any atom is -0.309 e. The third-order valence-corrected chi connectivity index (χ3v) is 5.27. The van der Waals surface area contributed by atoms with E-state index in [1.807, 2.05) is 20.8 Å². The third kappa shape index (κ3) is 5.09. The normalized spacial score (nSPS) is 14.1. The van der Waals surface area contributed by atoms with Gasteiger partial charge in [-0.25, -0.2) is 13.1 Å². The summed E-state index contributed by atoms with van der Waals surface area (Å²) in [6, 6.07) is 0.270. The van der Waals surface area contributed by atoms with E-state index in [0.29, 0.717) is 30.4 Å². The van der Waals surface area contributed by atoms with Crippen molar-refractivity contribution in [1.82, 2.24) is 20.2 Å². The van der Waals surface area contributed by atoms with Crippen molar-refractivity contribution in [2.24, 2.45) is 11.8 Å². The number of aryl methyl sites for hydroxylation is 1. The summed E-state index contributed by atoms with van der Waals surface area (Å²) in [5, 5.41) is 10.1. The summed E-state index contributed by atoms with van der Waals surface area (Å²) in [6.07, 6.45) is 0. The van der Waals surface area contributed by atoms with Crippen molar-refractivity contribution in [3.63, 3.8) is 0 Å². The summed E-state index contributed by atoms with van der Waals surface area (Å²) < 4.78 is 27.7. The molecule has 3 N–H and O–H groups in total. The van der Waals surface area contributed by atoms with E-state index in [0.717, 1.165) is 0 Å². The predicted molar refractivity (Wildman–Crippen MR) is 84.5 cm³/mol. The zero-order valence-electron chi connectivity index (χ0n) is 13.8. The molecule has 0 fully saturated rings. The molecular weight excluding hydrogens is 288 g/mol. The van der Waals surface area contributed by atoms with Gasteiger partial charge in [-0.3, -0.25) is 5.10 Å². The van der Waals surface area contributed by atoms with Crippen molar-refractivity contribution in [3.8, 4) is 0 Å². The van der Waals surface area contributed by atoms with Gasteiger partial charge in [0.1, 0.15) is 4.90 Å². The molecular formula is C14H28N4O2S. The zero-order valence-corrected chi connectivity index (χ0v) is 14.6. The fourth-order valence-corrected chi connectivity index (χ4v) is 3.30. The van der Waals surface area contributed by atoms with Crippen LogP contribution in [0, 0.1) is 18.8 Å². The SMILES string of the molecule is Cc1[nH]nc(CNC(C)C)c1S(=O)(=O)NCC(C)C(C)C. The van der Waals surface area contributed by atoms with Crippen molar-refractivity contribution in [1.29, 1.82) is 0 Å². The molecule has 21 heavy (non-hydrogen) atoms. The van der Waals surface area contributed by atoms with Crippen LogP contribution in [0.3, 0.4) is 0 Å². The molecule has 7 heteroatoms. The van der Waals surface area contributed by atoms with Gasteiger partial charge in [-0.15, -0.1) is 0 Å². The Labute approximate surface area is 128 Å². The maximum Gasteiger partial charge on any atom is 0.244 e. The lowest BCUT2D eigenvalue weighted by molar-refractivity contribution is 0.414. The molecule has 0 bridgehead atoms. The molecule has 0 radical (unpaired) electrons. The second kappa shape index (κ2) is 7.38. The molecule has 0 spiro atoms.